The van der Waals surface area contributed by atoms with E-state index in [0.29, 0.717) is 12.1 Å². The Labute approximate surface area is 76.0 Å². The lowest BCUT2D eigenvalue weighted by molar-refractivity contribution is -0.263. The third kappa shape index (κ3) is 1.36. The summed E-state index contributed by atoms with van der Waals surface area (Å²) in [6.07, 6.45) is 1.98. The van der Waals surface area contributed by atoms with Crippen molar-refractivity contribution in [3.8, 4) is 0 Å². The van der Waals surface area contributed by atoms with Gasteiger partial charge in [0.15, 0.2) is 6.21 Å². The number of nitrogens with zero attached hydrogens (tertiary/aromatic N) is 1. The van der Waals surface area contributed by atoms with Gasteiger partial charge in [-0.1, -0.05) is 22.2 Å². The van der Waals surface area contributed by atoms with E-state index in [0.717, 1.165) is 9.54 Å². The normalized spacial score (nSPS) is 15.3. The molecule has 1 aromatic carbocycles. The van der Waals surface area contributed by atoms with Gasteiger partial charge in [-0.25, -0.2) is 4.55 Å². The first-order valence-electron chi connectivity index (χ1n) is 3.77. The predicted molar refractivity (Wildman–Crippen MR) is 47.7 cm³/mol. The lowest BCUT2D eigenvalue weighted by atomic mass is 10.2. The lowest BCUT2D eigenvalue weighted by Crippen LogP contribution is -2.13. The molecule has 0 saturated carbocycles. The summed E-state index contributed by atoms with van der Waals surface area (Å²) in [5, 5.41) is 0. The average molecular weight is 198 g/mol. The maximum Gasteiger partial charge on any atom is 0.511 e. The van der Waals surface area contributed by atoms with E-state index in [-0.39, 0.29) is 0 Å². The zero-order chi connectivity index (χ0) is 9.47. The molecular weight excluding hydrogens is 190 g/mol. The van der Waals surface area contributed by atoms with E-state index in [4.69, 9.17) is 4.55 Å². The van der Waals surface area contributed by atoms with Crippen LogP contribution in [0.2, 0.25) is 0 Å². The molecule has 0 unspecified atom stereocenters. The van der Waals surface area contributed by atoms with E-state index in [1.807, 2.05) is 12.1 Å². The lowest BCUT2D eigenvalue weighted by Gasteiger charge is -1.93. The zero-order valence-corrected chi connectivity index (χ0v) is 7.53. The highest BCUT2D eigenvalue weighted by Gasteiger charge is 2.31. The largest absolute Gasteiger partial charge is 0.511 e. The van der Waals surface area contributed by atoms with E-state index >= 15 is 0 Å². The van der Waals surface area contributed by atoms with E-state index in [2.05, 4.69) is 0 Å². The third-order valence-corrected chi connectivity index (χ3v) is 2.80. The highest BCUT2D eigenvalue weighted by Crippen LogP contribution is 2.24. The van der Waals surface area contributed by atoms with Gasteiger partial charge in [0, 0.05) is 11.6 Å². The summed E-state index contributed by atoms with van der Waals surface area (Å²) in [6.45, 7) is 0. The zero-order valence-electron chi connectivity index (χ0n) is 6.71. The first-order chi connectivity index (χ1) is 6.09. The summed E-state index contributed by atoms with van der Waals surface area (Å²) in [5.41, 5.74) is 1.44. The quantitative estimate of drug-likeness (QED) is 0.535. The second kappa shape index (κ2) is 2.65. The molecule has 0 amide bonds. The van der Waals surface area contributed by atoms with Gasteiger partial charge in [-0.15, -0.1) is 8.42 Å². The minimum Gasteiger partial charge on any atom is -0.233 e. The molecule has 1 aromatic rings. The summed E-state index contributed by atoms with van der Waals surface area (Å²) in [7, 11) is -4.14. The van der Waals surface area contributed by atoms with Crippen molar-refractivity contribution in [2.24, 2.45) is 0 Å². The Balaban J connectivity index is 2.60. The average Bonchev–Trinajstić information content (AvgIpc) is 2.45. The number of hydrogen-bond donors (Lipinski definition) is 1. The van der Waals surface area contributed by atoms with Gasteiger partial charge < -0.3 is 0 Å². The summed E-state index contributed by atoms with van der Waals surface area (Å²) in [6, 6.07) is 7.06. The summed E-state index contributed by atoms with van der Waals surface area (Å²) in [5.74, 6) is 0. The van der Waals surface area contributed by atoms with Gasteiger partial charge in [0.2, 0.25) is 5.69 Å². The highest BCUT2D eigenvalue weighted by molar-refractivity contribution is 7.79. The van der Waals surface area contributed by atoms with Crippen LogP contribution in [0.3, 0.4) is 0 Å². The summed E-state index contributed by atoms with van der Waals surface area (Å²) < 4.78 is 31.4. The number of benzene rings is 1. The van der Waals surface area contributed by atoms with Crippen LogP contribution in [0.5, 0.6) is 0 Å². The Bertz CT molecular complexity index is 476. The highest BCUT2D eigenvalue weighted by atomic mass is 32.2. The molecule has 1 aliphatic rings. The van der Waals surface area contributed by atoms with Gasteiger partial charge in [-0.3, -0.25) is 0 Å². The third-order valence-electron chi connectivity index (χ3n) is 1.95. The van der Waals surface area contributed by atoms with Crippen molar-refractivity contribution >= 4 is 22.2 Å². The van der Waals surface area contributed by atoms with Crippen LogP contribution in [0.1, 0.15) is 5.56 Å². The van der Waals surface area contributed by atoms with E-state index in [1.54, 1.807) is 12.1 Å². The van der Waals surface area contributed by atoms with Gasteiger partial charge in [0.05, 0.1) is 6.42 Å². The van der Waals surface area contributed by atoms with Gasteiger partial charge >= 0.3 is 10.3 Å². The molecule has 0 spiro atoms. The second-order valence-corrected chi connectivity index (χ2v) is 4.08. The van der Waals surface area contributed by atoms with Crippen LogP contribution < -0.4 is 0 Å². The molecule has 2 rings (SSSR count). The second-order valence-electron chi connectivity index (χ2n) is 2.79. The molecule has 0 bridgehead atoms. The van der Waals surface area contributed by atoms with Crippen LogP contribution in [-0.2, 0) is 16.7 Å². The summed E-state index contributed by atoms with van der Waals surface area (Å²) in [4.78, 5) is 0. The van der Waals surface area contributed by atoms with Crippen LogP contribution in [0.15, 0.2) is 24.3 Å². The molecule has 1 heterocycles. The Morgan fingerprint density at radius 2 is 2.00 bits per heavy atom. The van der Waals surface area contributed by atoms with Crippen LogP contribution in [0.25, 0.3) is 0 Å². The fourth-order valence-electron chi connectivity index (χ4n) is 1.40. The first kappa shape index (κ1) is 8.40. The standard InChI is InChI=1S/C8H7NO3S/c10-13(11,12)9-6-5-7-3-1-2-4-8(7)9/h1-4,6H,5H2/p+1. The Kier molecular flexibility index (Phi) is 1.71. The molecule has 5 heteroatoms. The van der Waals surface area contributed by atoms with Crippen LogP contribution >= 0.6 is 0 Å². The number of para-hydroxylation sites is 1. The molecule has 1 aliphatic heterocycles. The predicted octanol–water partition coefficient (Wildman–Crippen LogP) is 0.760. The van der Waals surface area contributed by atoms with Crippen molar-refractivity contribution in [1.29, 1.82) is 0 Å². The molecule has 0 fully saturated rings. The van der Waals surface area contributed by atoms with E-state index in [9.17, 15) is 8.42 Å². The molecule has 0 aliphatic carbocycles. The molecule has 1 N–H and O–H groups in total. The number of hydrogen-bond acceptors (Lipinski definition) is 2. The van der Waals surface area contributed by atoms with Crippen molar-refractivity contribution in [1.82, 2.24) is 0 Å². The minimum absolute atomic E-state index is 0.532. The van der Waals surface area contributed by atoms with Crippen molar-refractivity contribution in [2.75, 3.05) is 0 Å². The number of fused-ring (bicyclic) bond motifs is 1. The van der Waals surface area contributed by atoms with Gasteiger partial charge in [0.1, 0.15) is 0 Å². The number of rotatable bonds is 1. The SMILES string of the molecule is O=S(=O)(O)[N+]1=CCc2ccccc21. The monoisotopic (exact) mass is 198 g/mol. The molecule has 0 aromatic heterocycles. The van der Waals surface area contributed by atoms with Gasteiger partial charge in [-0.2, -0.15) is 0 Å². The molecule has 4 nitrogen and oxygen atoms in total. The minimum atomic E-state index is -4.14. The molecule has 0 saturated heterocycles. The van der Waals surface area contributed by atoms with Gasteiger partial charge in [0.25, 0.3) is 0 Å². The van der Waals surface area contributed by atoms with Crippen molar-refractivity contribution in [2.45, 2.75) is 6.42 Å². The summed E-state index contributed by atoms with van der Waals surface area (Å²) >= 11 is 0. The Morgan fingerprint density at radius 3 is 2.69 bits per heavy atom. The van der Waals surface area contributed by atoms with E-state index < -0.39 is 10.3 Å². The fourth-order valence-corrected chi connectivity index (χ4v) is 2.09. The fraction of sp³-hybridized carbons (Fsp3) is 0.125. The molecule has 0 atom stereocenters. The maximum atomic E-state index is 10.8. The Hall–Kier alpha value is -1.20. The molecular formula is C8H8NO3S+. The Morgan fingerprint density at radius 1 is 1.31 bits per heavy atom. The molecule has 0 radical (unpaired) electrons. The smallest absolute Gasteiger partial charge is 0.233 e. The maximum absolute atomic E-state index is 10.8. The van der Waals surface area contributed by atoms with Crippen LogP contribution in [0, 0.1) is 0 Å². The van der Waals surface area contributed by atoms with Crippen molar-refractivity contribution < 1.29 is 17.0 Å². The topological polar surface area (TPSA) is 57.4 Å². The molecule has 68 valence electrons. The van der Waals surface area contributed by atoms with Crippen molar-refractivity contribution in [3.05, 3.63) is 29.8 Å². The van der Waals surface area contributed by atoms with Gasteiger partial charge in [-0.05, 0) is 0 Å². The van der Waals surface area contributed by atoms with Crippen LogP contribution in [0.4, 0.5) is 5.69 Å². The first-order valence-corrected chi connectivity index (χ1v) is 5.17. The van der Waals surface area contributed by atoms with Crippen LogP contribution in [-0.4, -0.2) is 23.2 Å². The van der Waals surface area contributed by atoms with Crippen molar-refractivity contribution in [3.63, 3.8) is 0 Å². The molecule has 13 heavy (non-hydrogen) atoms. The van der Waals surface area contributed by atoms with E-state index in [1.165, 1.54) is 6.21 Å².